The summed E-state index contributed by atoms with van der Waals surface area (Å²) < 4.78 is 69.6. The lowest BCUT2D eigenvalue weighted by Crippen LogP contribution is -2.59. The first-order chi connectivity index (χ1) is 15.1. The van der Waals surface area contributed by atoms with Gasteiger partial charge in [0.15, 0.2) is 29.5 Å². The van der Waals surface area contributed by atoms with Crippen LogP contribution in [0.4, 0.5) is 0 Å². The van der Waals surface area contributed by atoms with Crippen LogP contribution in [0.25, 0.3) is 0 Å². The molecule has 12 nitrogen and oxygen atoms in total. The van der Waals surface area contributed by atoms with E-state index in [0.29, 0.717) is 16.2 Å². The average molecular weight is 526 g/mol. The van der Waals surface area contributed by atoms with Gasteiger partial charge in [-0.15, -0.1) is 0 Å². The van der Waals surface area contributed by atoms with Crippen LogP contribution in [0, 0.1) is 0 Å². The van der Waals surface area contributed by atoms with Gasteiger partial charge in [0.25, 0.3) is 0 Å². The second-order valence-electron chi connectivity index (χ2n) is 7.08. The van der Waals surface area contributed by atoms with Crippen LogP contribution in [0.2, 0.25) is 0 Å². The highest BCUT2D eigenvalue weighted by atomic mass is 32.2. The van der Waals surface area contributed by atoms with Gasteiger partial charge in [0.1, 0.15) is 0 Å². The first kappa shape index (κ1) is 28.5. The zero-order valence-electron chi connectivity index (χ0n) is 18.0. The highest BCUT2D eigenvalue weighted by molar-refractivity contribution is 7.94. The van der Waals surface area contributed by atoms with Crippen LogP contribution in [-0.4, -0.2) is 94.9 Å². The molecule has 1 rings (SSSR count). The first-order valence-electron chi connectivity index (χ1n) is 9.54. The van der Waals surface area contributed by atoms with Crippen molar-refractivity contribution in [2.45, 2.75) is 19.3 Å². The van der Waals surface area contributed by atoms with E-state index in [1.54, 1.807) is 0 Å². The van der Waals surface area contributed by atoms with Crippen LogP contribution in [0.3, 0.4) is 0 Å². The van der Waals surface area contributed by atoms with E-state index in [0.717, 1.165) is 14.7 Å². The van der Waals surface area contributed by atoms with Gasteiger partial charge < -0.3 is 14.7 Å². The zero-order chi connectivity index (χ0) is 25.4. The van der Waals surface area contributed by atoms with Gasteiger partial charge in [0.2, 0.25) is 17.7 Å². The lowest BCUT2D eigenvalue weighted by atomic mass is 10.3. The fraction of sp³-hybridized carbons (Fsp3) is 0.500. The van der Waals surface area contributed by atoms with E-state index in [-0.39, 0.29) is 20.0 Å². The Hall–Kier alpha value is -2.52. The first-order valence-corrected chi connectivity index (χ1v) is 14.7. The minimum absolute atomic E-state index is 0.297. The minimum atomic E-state index is -3.67. The molecule has 0 bridgehead atoms. The SMILES string of the molecule is C=CS(=O)(=O)CCC(=O)N1CN(C(=O)CCS(=O)(=O)C=C)CN(C(=O)CCS(=O)(=O)C=C)C1. The number of nitrogens with zero attached hydrogens (tertiary/aromatic N) is 3. The minimum Gasteiger partial charge on any atom is -0.307 e. The standard InChI is InChI=1S/C18H27N3O9S3/c1-4-31(25,26)10-7-16(22)19-13-20(17(23)8-11-32(27,28)5-2)15-21(14-19)18(24)9-12-33(29,30)6-3/h4-6H,1-3,7-15H2. The van der Waals surface area contributed by atoms with Gasteiger partial charge >= 0.3 is 0 Å². The Morgan fingerprint density at radius 2 is 0.758 bits per heavy atom. The smallest absolute Gasteiger partial charge is 0.226 e. The summed E-state index contributed by atoms with van der Waals surface area (Å²) in [6.07, 6.45) is -1.31. The molecule has 0 aliphatic carbocycles. The zero-order valence-corrected chi connectivity index (χ0v) is 20.4. The fourth-order valence-corrected chi connectivity index (χ4v) is 4.52. The molecule has 1 heterocycles. The molecule has 33 heavy (non-hydrogen) atoms. The number of carbonyl (C=O) groups excluding carboxylic acids is 3. The lowest BCUT2D eigenvalue weighted by molar-refractivity contribution is -0.158. The Morgan fingerprint density at radius 3 is 0.939 bits per heavy atom. The molecular weight excluding hydrogens is 498 g/mol. The van der Waals surface area contributed by atoms with E-state index in [4.69, 9.17) is 0 Å². The van der Waals surface area contributed by atoms with Crippen molar-refractivity contribution in [2.24, 2.45) is 0 Å². The van der Waals surface area contributed by atoms with E-state index in [1.165, 1.54) is 0 Å². The molecule has 0 aromatic heterocycles. The van der Waals surface area contributed by atoms with E-state index < -0.39 is 83.8 Å². The summed E-state index contributed by atoms with van der Waals surface area (Å²) in [4.78, 5) is 40.8. The highest BCUT2D eigenvalue weighted by Crippen LogP contribution is 2.14. The van der Waals surface area contributed by atoms with Gasteiger partial charge in [-0.1, -0.05) is 19.7 Å². The number of carbonyl (C=O) groups is 3. The van der Waals surface area contributed by atoms with Crippen LogP contribution in [0.1, 0.15) is 19.3 Å². The second-order valence-corrected chi connectivity index (χ2v) is 13.3. The van der Waals surface area contributed by atoms with Crippen molar-refractivity contribution in [1.29, 1.82) is 0 Å². The Balaban J connectivity index is 3.02. The van der Waals surface area contributed by atoms with Crippen LogP contribution in [0.15, 0.2) is 36.0 Å². The van der Waals surface area contributed by atoms with Gasteiger partial charge in [0, 0.05) is 35.5 Å². The van der Waals surface area contributed by atoms with Gasteiger partial charge in [0.05, 0.1) is 37.3 Å². The van der Waals surface area contributed by atoms with Crippen LogP contribution in [-0.2, 0) is 43.9 Å². The predicted molar refractivity (Wildman–Crippen MR) is 121 cm³/mol. The summed E-state index contributed by atoms with van der Waals surface area (Å²) in [6, 6.07) is 0. The van der Waals surface area contributed by atoms with Crippen molar-refractivity contribution in [2.75, 3.05) is 37.3 Å². The molecule has 0 saturated carbocycles. The molecule has 1 saturated heterocycles. The summed E-state index contributed by atoms with van der Waals surface area (Å²) in [5, 5.41) is 2.13. The molecule has 0 radical (unpaired) electrons. The van der Waals surface area contributed by atoms with Crippen LogP contribution < -0.4 is 0 Å². The molecule has 0 N–H and O–H groups in total. The molecular formula is C18H27N3O9S3. The number of sulfone groups is 3. The van der Waals surface area contributed by atoms with Gasteiger partial charge in [-0.25, -0.2) is 25.3 Å². The summed E-state index contributed by atoms with van der Waals surface area (Å²) in [7, 11) is -11.0. The Labute approximate surface area is 194 Å². The third-order valence-electron chi connectivity index (χ3n) is 4.65. The van der Waals surface area contributed by atoms with E-state index in [1.807, 2.05) is 0 Å². The quantitative estimate of drug-likeness (QED) is 0.317. The summed E-state index contributed by atoms with van der Waals surface area (Å²) in [5.74, 6) is -3.59. The number of hydrogen-bond donors (Lipinski definition) is 0. The summed E-state index contributed by atoms with van der Waals surface area (Å²) in [6.45, 7) is 8.58. The number of rotatable bonds is 12. The maximum atomic E-state index is 12.6. The predicted octanol–water partition coefficient (Wildman–Crippen LogP) is -0.796. The molecule has 186 valence electrons. The number of hydrogen-bond acceptors (Lipinski definition) is 9. The average Bonchev–Trinajstić information content (AvgIpc) is 2.79. The van der Waals surface area contributed by atoms with Crippen LogP contribution in [0.5, 0.6) is 0 Å². The molecule has 1 aliphatic rings. The van der Waals surface area contributed by atoms with Gasteiger partial charge in [-0.3, -0.25) is 14.4 Å². The van der Waals surface area contributed by atoms with Crippen molar-refractivity contribution in [3.63, 3.8) is 0 Å². The molecule has 1 fully saturated rings. The molecule has 3 amide bonds. The van der Waals surface area contributed by atoms with Crippen molar-refractivity contribution in [1.82, 2.24) is 14.7 Å². The van der Waals surface area contributed by atoms with E-state index in [2.05, 4.69) is 19.7 Å². The van der Waals surface area contributed by atoms with Crippen molar-refractivity contribution < 1.29 is 39.6 Å². The second kappa shape index (κ2) is 11.6. The largest absolute Gasteiger partial charge is 0.307 e. The number of amides is 3. The van der Waals surface area contributed by atoms with Crippen molar-refractivity contribution in [3.8, 4) is 0 Å². The summed E-state index contributed by atoms with van der Waals surface area (Å²) >= 11 is 0. The highest BCUT2D eigenvalue weighted by Gasteiger charge is 2.32. The molecule has 0 aromatic rings. The Morgan fingerprint density at radius 1 is 0.545 bits per heavy atom. The molecule has 0 atom stereocenters. The lowest BCUT2D eigenvalue weighted by Gasteiger charge is -2.42. The molecule has 0 spiro atoms. The van der Waals surface area contributed by atoms with Crippen molar-refractivity contribution in [3.05, 3.63) is 36.0 Å². The maximum absolute atomic E-state index is 12.6. The van der Waals surface area contributed by atoms with Crippen molar-refractivity contribution >= 4 is 47.2 Å². The molecule has 15 heteroatoms. The fourth-order valence-electron chi connectivity index (χ4n) is 2.64. The molecule has 1 aliphatic heterocycles. The van der Waals surface area contributed by atoms with Gasteiger partial charge in [-0.05, 0) is 0 Å². The summed E-state index contributed by atoms with van der Waals surface area (Å²) in [5.41, 5.74) is 0. The molecule has 0 aromatic carbocycles. The van der Waals surface area contributed by atoms with Gasteiger partial charge in [-0.2, -0.15) is 0 Å². The Bertz CT molecular complexity index is 977. The van der Waals surface area contributed by atoms with Crippen LogP contribution >= 0.6 is 0 Å². The molecule has 0 unspecified atom stereocenters. The van der Waals surface area contributed by atoms with E-state index >= 15 is 0 Å². The Kier molecular flexibility index (Phi) is 9.99. The third-order valence-corrected chi connectivity index (χ3v) is 8.49. The van der Waals surface area contributed by atoms with E-state index in [9.17, 15) is 39.6 Å². The maximum Gasteiger partial charge on any atom is 0.226 e. The topological polar surface area (TPSA) is 163 Å². The monoisotopic (exact) mass is 525 g/mol. The third kappa shape index (κ3) is 9.47. The normalized spacial score (nSPS) is 15.1.